The molecule has 0 heterocycles. The van der Waals surface area contributed by atoms with Gasteiger partial charge in [0.2, 0.25) is 0 Å². The molecule has 0 radical (unpaired) electrons. The Hall–Kier alpha value is -0.530. The van der Waals surface area contributed by atoms with Crippen molar-refractivity contribution >= 4 is 5.97 Å². The first-order valence-corrected chi connectivity index (χ1v) is 7.40. The van der Waals surface area contributed by atoms with Crippen LogP contribution in [-0.4, -0.2) is 11.1 Å². The number of aliphatic carboxylic acids is 1. The molecule has 1 aliphatic rings. The summed E-state index contributed by atoms with van der Waals surface area (Å²) >= 11 is 0. The molecule has 0 bridgehead atoms. The molecule has 1 fully saturated rings. The van der Waals surface area contributed by atoms with E-state index in [4.69, 9.17) is 0 Å². The smallest absolute Gasteiger partial charge is 0.309 e. The van der Waals surface area contributed by atoms with Crippen molar-refractivity contribution in [3.63, 3.8) is 0 Å². The maximum absolute atomic E-state index is 11.8. The van der Waals surface area contributed by atoms with Crippen LogP contribution in [0.2, 0.25) is 0 Å². The molecule has 1 aliphatic carbocycles. The number of unbranched alkanes of at least 4 members (excludes halogenated alkanes) is 1. The third-order valence-electron chi connectivity index (χ3n) is 4.50. The number of hydrogen-bond donors (Lipinski definition) is 1. The van der Waals surface area contributed by atoms with E-state index in [1.807, 2.05) is 0 Å². The Morgan fingerprint density at radius 2 is 1.76 bits per heavy atom. The van der Waals surface area contributed by atoms with Gasteiger partial charge in [0.25, 0.3) is 0 Å². The highest BCUT2D eigenvalue weighted by Crippen LogP contribution is 2.46. The summed E-state index contributed by atoms with van der Waals surface area (Å²) in [6.07, 6.45) is 10.9. The zero-order chi connectivity index (χ0) is 12.7. The van der Waals surface area contributed by atoms with Crippen molar-refractivity contribution in [3.8, 4) is 0 Å². The number of hydrogen-bond acceptors (Lipinski definition) is 1. The highest BCUT2D eigenvalue weighted by Gasteiger charge is 2.45. The quantitative estimate of drug-likeness (QED) is 0.704. The summed E-state index contributed by atoms with van der Waals surface area (Å²) in [7, 11) is 0. The topological polar surface area (TPSA) is 37.3 Å². The van der Waals surface area contributed by atoms with Crippen molar-refractivity contribution in [3.05, 3.63) is 0 Å². The molecule has 2 nitrogen and oxygen atoms in total. The van der Waals surface area contributed by atoms with Crippen molar-refractivity contribution < 1.29 is 9.90 Å². The maximum Gasteiger partial charge on any atom is 0.309 e. The lowest BCUT2D eigenvalue weighted by Gasteiger charge is -2.40. The molecule has 0 saturated heterocycles. The fraction of sp³-hybridized carbons (Fsp3) is 0.933. The van der Waals surface area contributed by atoms with Crippen molar-refractivity contribution in [1.29, 1.82) is 0 Å². The molecule has 1 N–H and O–H groups in total. The lowest BCUT2D eigenvalue weighted by Crippen LogP contribution is -2.40. The molecule has 0 aromatic rings. The molecule has 17 heavy (non-hydrogen) atoms. The summed E-state index contributed by atoms with van der Waals surface area (Å²) in [6.45, 7) is 4.37. The summed E-state index contributed by atoms with van der Waals surface area (Å²) < 4.78 is 0. The van der Waals surface area contributed by atoms with Crippen LogP contribution in [0.15, 0.2) is 0 Å². The zero-order valence-electron chi connectivity index (χ0n) is 11.5. The molecule has 1 unspecified atom stereocenters. The lowest BCUT2D eigenvalue weighted by molar-refractivity contribution is -0.156. The fourth-order valence-corrected chi connectivity index (χ4v) is 3.48. The predicted molar refractivity (Wildman–Crippen MR) is 71.1 cm³/mol. The summed E-state index contributed by atoms with van der Waals surface area (Å²) in [4.78, 5) is 11.8. The number of carboxylic acids is 1. The minimum absolute atomic E-state index is 0.385. The third kappa shape index (κ3) is 3.46. The largest absolute Gasteiger partial charge is 0.481 e. The van der Waals surface area contributed by atoms with Crippen LogP contribution in [-0.2, 0) is 4.79 Å². The minimum atomic E-state index is -0.522. The Labute approximate surface area is 106 Å². The molecule has 1 rings (SSSR count). The van der Waals surface area contributed by atoms with Crippen LogP contribution in [0.4, 0.5) is 0 Å². The molecule has 2 heteroatoms. The van der Waals surface area contributed by atoms with E-state index in [9.17, 15) is 9.90 Å². The van der Waals surface area contributed by atoms with E-state index < -0.39 is 5.97 Å². The predicted octanol–water partition coefficient (Wildman–Crippen LogP) is 4.63. The molecular weight excluding hydrogens is 212 g/mol. The first kappa shape index (κ1) is 14.5. The van der Waals surface area contributed by atoms with Crippen LogP contribution in [0.3, 0.4) is 0 Å². The Balaban J connectivity index is 2.79. The van der Waals surface area contributed by atoms with Gasteiger partial charge in [0.1, 0.15) is 0 Å². The molecule has 0 amide bonds. The van der Waals surface area contributed by atoms with Crippen LogP contribution < -0.4 is 0 Å². The van der Waals surface area contributed by atoms with E-state index in [1.165, 1.54) is 19.3 Å². The van der Waals surface area contributed by atoms with E-state index in [1.54, 1.807) is 0 Å². The first-order chi connectivity index (χ1) is 8.17. The standard InChI is InChI=1S/C15H28O2/c1-3-5-10-13(9-4-2)15(14(16)17)11-7-6-8-12-15/h13H,3-12H2,1-2H3,(H,16,17). The summed E-state index contributed by atoms with van der Waals surface area (Å²) in [5.74, 6) is -0.114. The molecule has 0 aromatic heterocycles. The SMILES string of the molecule is CCCCC(CCC)C1(C(=O)O)CCCCC1. The van der Waals surface area contributed by atoms with E-state index in [0.29, 0.717) is 5.92 Å². The molecular formula is C15H28O2. The highest BCUT2D eigenvalue weighted by molar-refractivity contribution is 5.75. The van der Waals surface area contributed by atoms with Gasteiger partial charge in [0.05, 0.1) is 5.41 Å². The Bertz CT molecular complexity index is 229. The number of carbonyl (C=O) groups is 1. The van der Waals surface area contributed by atoms with E-state index >= 15 is 0 Å². The number of rotatable bonds is 7. The second kappa shape index (κ2) is 7.03. The highest BCUT2D eigenvalue weighted by atomic mass is 16.4. The van der Waals surface area contributed by atoms with Crippen molar-refractivity contribution in [1.82, 2.24) is 0 Å². The van der Waals surface area contributed by atoms with Gasteiger partial charge in [-0.05, 0) is 31.6 Å². The number of carboxylic acid groups (broad SMARTS) is 1. The van der Waals surface area contributed by atoms with Gasteiger partial charge in [0.15, 0.2) is 0 Å². The maximum atomic E-state index is 11.8. The van der Waals surface area contributed by atoms with Gasteiger partial charge in [-0.3, -0.25) is 4.79 Å². The summed E-state index contributed by atoms with van der Waals surface area (Å²) in [6, 6.07) is 0. The normalized spacial score (nSPS) is 21.1. The van der Waals surface area contributed by atoms with Crippen LogP contribution in [0.1, 0.15) is 78.1 Å². The van der Waals surface area contributed by atoms with Gasteiger partial charge in [-0.1, -0.05) is 52.4 Å². The van der Waals surface area contributed by atoms with Gasteiger partial charge < -0.3 is 5.11 Å². The van der Waals surface area contributed by atoms with E-state index in [0.717, 1.165) is 44.9 Å². The molecule has 0 spiro atoms. The van der Waals surface area contributed by atoms with Crippen LogP contribution >= 0.6 is 0 Å². The van der Waals surface area contributed by atoms with Gasteiger partial charge in [-0.2, -0.15) is 0 Å². The zero-order valence-corrected chi connectivity index (χ0v) is 11.5. The van der Waals surface area contributed by atoms with Gasteiger partial charge >= 0.3 is 5.97 Å². The average molecular weight is 240 g/mol. The Morgan fingerprint density at radius 3 is 2.24 bits per heavy atom. The van der Waals surface area contributed by atoms with Gasteiger partial charge in [0, 0.05) is 0 Å². The third-order valence-corrected chi connectivity index (χ3v) is 4.50. The lowest BCUT2D eigenvalue weighted by atomic mass is 9.63. The van der Waals surface area contributed by atoms with Crippen LogP contribution in [0, 0.1) is 11.3 Å². The van der Waals surface area contributed by atoms with E-state index in [-0.39, 0.29) is 5.41 Å². The van der Waals surface area contributed by atoms with Crippen molar-refractivity contribution in [2.75, 3.05) is 0 Å². The van der Waals surface area contributed by atoms with Gasteiger partial charge in [-0.25, -0.2) is 0 Å². The molecule has 1 atom stereocenters. The van der Waals surface area contributed by atoms with Crippen LogP contribution in [0.5, 0.6) is 0 Å². The first-order valence-electron chi connectivity index (χ1n) is 7.40. The van der Waals surface area contributed by atoms with Crippen molar-refractivity contribution in [2.45, 2.75) is 78.1 Å². The monoisotopic (exact) mass is 240 g/mol. The average Bonchev–Trinajstić information content (AvgIpc) is 2.35. The minimum Gasteiger partial charge on any atom is -0.481 e. The molecule has 1 saturated carbocycles. The molecule has 0 aromatic carbocycles. The van der Waals surface area contributed by atoms with Crippen molar-refractivity contribution in [2.24, 2.45) is 11.3 Å². The second-order valence-electron chi connectivity index (χ2n) is 5.65. The molecule has 100 valence electrons. The fourth-order valence-electron chi connectivity index (χ4n) is 3.48. The Kier molecular flexibility index (Phi) is 6.01. The second-order valence-corrected chi connectivity index (χ2v) is 5.65. The molecule has 0 aliphatic heterocycles. The van der Waals surface area contributed by atoms with Gasteiger partial charge in [-0.15, -0.1) is 0 Å². The summed E-state index contributed by atoms with van der Waals surface area (Å²) in [5.41, 5.74) is -0.385. The van der Waals surface area contributed by atoms with Crippen LogP contribution in [0.25, 0.3) is 0 Å². The summed E-state index contributed by atoms with van der Waals surface area (Å²) in [5, 5.41) is 9.69. The van der Waals surface area contributed by atoms with E-state index in [2.05, 4.69) is 13.8 Å². The Morgan fingerprint density at radius 1 is 1.12 bits per heavy atom.